The molecule has 0 radical (unpaired) electrons. The second-order valence-corrected chi connectivity index (χ2v) is 2.94. The zero-order valence-corrected chi connectivity index (χ0v) is 8.32. The van der Waals surface area contributed by atoms with Crippen LogP contribution in [0, 0.1) is 11.3 Å². The predicted molar refractivity (Wildman–Crippen MR) is 57.9 cm³/mol. The highest BCUT2D eigenvalue weighted by molar-refractivity contribution is 6.22. The van der Waals surface area contributed by atoms with Gasteiger partial charge in [-0.05, 0) is 18.5 Å². The van der Waals surface area contributed by atoms with E-state index in [0.717, 1.165) is 0 Å². The Balaban J connectivity index is 3.07. The molecule has 4 heteroatoms. The molecule has 0 aliphatic carbocycles. The third-order valence-electron chi connectivity index (χ3n) is 2.06. The molecular weight excluding hydrogens is 175 g/mol. The Labute approximate surface area is 84.4 Å². The van der Waals surface area contributed by atoms with Crippen LogP contribution >= 0.6 is 0 Å². The lowest BCUT2D eigenvalue weighted by molar-refractivity contribution is -0.116. The van der Waals surface area contributed by atoms with Crippen LogP contribution in [0.4, 0.5) is 5.69 Å². The van der Waals surface area contributed by atoms with Crippen LogP contribution < -0.4 is 4.90 Å². The molecule has 0 saturated carbocycles. The van der Waals surface area contributed by atoms with E-state index in [2.05, 4.69) is 6.07 Å². The molecule has 1 rings (SSSR count). The Morgan fingerprint density at radius 1 is 1.57 bits per heavy atom. The average molecular weight is 186 g/mol. The summed E-state index contributed by atoms with van der Waals surface area (Å²) in [5.74, 6) is 0.00713. The van der Waals surface area contributed by atoms with Gasteiger partial charge in [0.1, 0.15) is 13.9 Å². The van der Waals surface area contributed by atoms with Gasteiger partial charge in [-0.3, -0.25) is 4.79 Å². The predicted octanol–water partition coefficient (Wildman–Crippen LogP) is 0.572. The van der Waals surface area contributed by atoms with Crippen molar-refractivity contribution in [2.45, 2.75) is 6.32 Å². The van der Waals surface area contributed by atoms with Crippen molar-refractivity contribution in [3.8, 4) is 6.07 Å². The SMILES string of the molecule is BCC(=O)N(C)c1ccccc1C#N. The second kappa shape index (κ2) is 4.47. The Morgan fingerprint density at radius 2 is 2.21 bits per heavy atom. The average Bonchev–Trinajstić information content (AvgIpc) is 2.26. The fourth-order valence-corrected chi connectivity index (χ4v) is 1.23. The molecule has 1 amide bonds. The van der Waals surface area contributed by atoms with E-state index >= 15 is 0 Å². The number of carbonyl (C=O) groups excluding carboxylic acids is 1. The van der Waals surface area contributed by atoms with Crippen LogP contribution in [0.15, 0.2) is 24.3 Å². The number of nitriles is 1. The van der Waals surface area contributed by atoms with Gasteiger partial charge in [0.2, 0.25) is 5.91 Å². The van der Waals surface area contributed by atoms with Gasteiger partial charge in [-0.25, -0.2) is 0 Å². The summed E-state index contributed by atoms with van der Waals surface area (Å²) in [4.78, 5) is 12.9. The van der Waals surface area contributed by atoms with Gasteiger partial charge in [-0.2, -0.15) is 5.26 Å². The van der Waals surface area contributed by atoms with Crippen LogP contribution in [0.5, 0.6) is 0 Å². The van der Waals surface area contributed by atoms with Gasteiger partial charge < -0.3 is 4.90 Å². The number of benzene rings is 1. The van der Waals surface area contributed by atoms with Gasteiger partial charge in [0, 0.05) is 7.05 Å². The summed E-state index contributed by atoms with van der Waals surface area (Å²) in [6.07, 6.45) is 0.441. The number of nitrogens with zero attached hydrogens (tertiary/aromatic N) is 2. The number of para-hydroxylation sites is 1. The molecule has 0 fully saturated rings. The number of anilines is 1. The minimum Gasteiger partial charge on any atom is -0.315 e. The van der Waals surface area contributed by atoms with Crippen LogP contribution in [-0.4, -0.2) is 20.8 Å². The first kappa shape index (κ1) is 10.3. The largest absolute Gasteiger partial charge is 0.315 e. The fraction of sp³-hybridized carbons (Fsp3) is 0.200. The topological polar surface area (TPSA) is 44.1 Å². The first-order valence-corrected chi connectivity index (χ1v) is 4.46. The molecular formula is C10H11BN2O. The number of carbonyl (C=O) groups is 1. The van der Waals surface area contributed by atoms with E-state index in [1.54, 1.807) is 33.1 Å². The van der Waals surface area contributed by atoms with E-state index in [4.69, 9.17) is 5.26 Å². The minimum absolute atomic E-state index is 0.00713. The number of rotatable bonds is 2. The van der Waals surface area contributed by atoms with Gasteiger partial charge >= 0.3 is 0 Å². The lowest BCUT2D eigenvalue weighted by Gasteiger charge is -2.17. The first-order chi connectivity index (χ1) is 6.70. The highest BCUT2D eigenvalue weighted by Crippen LogP contribution is 2.18. The lowest BCUT2D eigenvalue weighted by Crippen LogP contribution is -2.26. The quantitative estimate of drug-likeness (QED) is 0.633. The lowest BCUT2D eigenvalue weighted by atomic mass is 10.0. The van der Waals surface area contributed by atoms with Crippen molar-refractivity contribution in [2.24, 2.45) is 0 Å². The summed E-state index contributed by atoms with van der Waals surface area (Å²) in [5.41, 5.74) is 1.19. The Hall–Kier alpha value is -1.76. The molecule has 0 spiro atoms. The molecule has 1 aromatic carbocycles. The Kier molecular flexibility index (Phi) is 3.30. The van der Waals surface area contributed by atoms with Crippen LogP contribution in [0.25, 0.3) is 0 Å². The van der Waals surface area contributed by atoms with E-state index in [9.17, 15) is 4.79 Å². The number of hydrogen-bond donors (Lipinski definition) is 0. The van der Waals surface area contributed by atoms with Crippen molar-refractivity contribution < 1.29 is 4.79 Å². The summed E-state index contributed by atoms with van der Waals surface area (Å²) in [6.45, 7) is 0. The maximum absolute atomic E-state index is 11.4. The maximum Gasteiger partial charge on any atom is 0.218 e. The van der Waals surface area contributed by atoms with E-state index < -0.39 is 0 Å². The normalized spacial score (nSPS) is 9.14. The standard InChI is InChI=1S/C10H11BN2O/c1-13(10(14)6-11)9-5-3-2-4-8(9)7-12/h2-5H,6,11H2,1H3. The van der Waals surface area contributed by atoms with Crippen molar-refractivity contribution >= 4 is 19.4 Å². The zero-order chi connectivity index (χ0) is 10.6. The molecule has 14 heavy (non-hydrogen) atoms. The Bertz CT molecular complexity index is 384. The zero-order valence-electron chi connectivity index (χ0n) is 8.32. The molecule has 3 nitrogen and oxygen atoms in total. The molecule has 1 aromatic rings. The molecule has 0 aromatic heterocycles. The molecule has 0 aliphatic rings. The van der Waals surface area contributed by atoms with Gasteiger partial charge in [0.05, 0.1) is 11.3 Å². The van der Waals surface area contributed by atoms with Gasteiger partial charge in [0.25, 0.3) is 0 Å². The van der Waals surface area contributed by atoms with Crippen molar-refractivity contribution in [1.82, 2.24) is 0 Å². The van der Waals surface area contributed by atoms with Crippen LogP contribution in [-0.2, 0) is 4.79 Å². The third-order valence-corrected chi connectivity index (χ3v) is 2.06. The third kappa shape index (κ3) is 1.94. The number of amides is 1. The summed E-state index contributed by atoms with van der Waals surface area (Å²) in [6, 6.07) is 9.13. The Morgan fingerprint density at radius 3 is 2.79 bits per heavy atom. The first-order valence-electron chi connectivity index (χ1n) is 4.46. The van der Waals surface area contributed by atoms with Crippen molar-refractivity contribution in [2.75, 3.05) is 11.9 Å². The van der Waals surface area contributed by atoms with Gasteiger partial charge in [0.15, 0.2) is 0 Å². The molecule has 0 bridgehead atoms. The molecule has 70 valence electrons. The molecule has 0 aliphatic heterocycles. The molecule has 0 unspecified atom stereocenters. The van der Waals surface area contributed by atoms with E-state index in [1.807, 2.05) is 6.07 Å². The van der Waals surface area contributed by atoms with Crippen molar-refractivity contribution in [1.29, 1.82) is 5.26 Å². The van der Waals surface area contributed by atoms with E-state index in [1.165, 1.54) is 4.90 Å². The van der Waals surface area contributed by atoms with Gasteiger partial charge in [-0.1, -0.05) is 12.1 Å². The second-order valence-electron chi connectivity index (χ2n) is 2.94. The smallest absolute Gasteiger partial charge is 0.218 e. The van der Waals surface area contributed by atoms with Crippen molar-refractivity contribution in [3.05, 3.63) is 29.8 Å². The number of hydrogen-bond acceptors (Lipinski definition) is 2. The molecule has 0 saturated heterocycles. The van der Waals surface area contributed by atoms with E-state index in [-0.39, 0.29) is 5.91 Å². The summed E-state index contributed by atoms with van der Waals surface area (Å²) < 4.78 is 0. The fourth-order valence-electron chi connectivity index (χ4n) is 1.23. The molecule has 0 heterocycles. The highest BCUT2D eigenvalue weighted by atomic mass is 16.2. The monoisotopic (exact) mass is 186 g/mol. The summed E-state index contributed by atoms with van der Waals surface area (Å²) in [5, 5.41) is 8.83. The molecule has 0 N–H and O–H groups in total. The van der Waals surface area contributed by atoms with Crippen LogP contribution in [0.3, 0.4) is 0 Å². The van der Waals surface area contributed by atoms with Crippen LogP contribution in [0.1, 0.15) is 5.56 Å². The highest BCUT2D eigenvalue weighted by Gasteiger charge is 2.11. The van der Waals surface area contributed by atoms with E-state index in [0.29, 0.717) is 17.6 Å². The van der Waals surface area contributed by atoms with Crippen LogP contribution in [0.2, 0.25) is 6.32 Å². The minimum atomic E-state index is 0.00713. The summed E-state index contributed by atoms with van der Waals surface area (Å²) >= 11 is 0. The maximum atomic E-state index is 11.4. The van der Waals surface area contributed by atoms with Gasteiger partial charge in [-0.15, -0.1) is 0 Å². The van der Waals surface area contributed by atoms with Crippen molar-refractivity contribution in [3.63, 3.8) is 0 Å². The summed E-state index contributed by atoms with van der Waals surface area (Å²) in [7, 11) is 3.48. The molecule has 0 atom stereocenters.